The Morgan fingerprint density at radius 2 is 2.00 bits per heavy atom. The molecule has 3 nitrogen and oxygen atoms in total. The molecule has 3 rings (SSSR count). The van der Waals surface area contributed by atoms with Crippen molar-refractivity contribution in [3.8, 4) is 5.75 Å². The number of hydrogen-bond acceptors (Lipinski definition) is 3. The zero-order valence-electron chi connectivity index (χ0n) is 13.4. The van der Waals surface area contributed by atoms with E-state index < -0.39 is 0 Å². The van der Waals surface area contributed by atoms with Crippen molar-refractivity contribution in [1.29, 1.82) is 0 Å². The molecule has 0 saturated carbocycles. The minimum Gasteiger partial charge on any atom is -0.494 e. The normalized spacial score (nSPS) is 20.0. The van der Waals surface area contributed by atoms with Crippen LogP contribution in [0.5, 0.6) is 5.75 Å². The summed E-state index contributed by atoms with van der Waals surface area (Å²) in [6.45, 7) is 5.51. The minimum atomic E-state index is -0.261. The Morgan fingerprint density at radius 3 is 2.61 bits per heavy atom. The topological polar surface area (TPSA) is 47.3 Å². The Morgan fingerprint density at radius 1 is 1.22 bits per heavy atom. The highest BCUT2D eigenvalue weighted by molar-refractivity contribution is 9.10. The van der Waals surface area contributed by atoms with Gasteiger partial charge in [0, 0.05) is 11.0 Å². The summed E-state index contributed by atoms with van der Waals surface area (Å²) in [5.41, 5.74) is 9.35. The highest BCUT2D eigenvalue weighted by Gasteiger charge is 2.36. The molecule has 0 radical (unpaired) electrons. The van der Waals surface area contributed by atoms with Crippen LogP contribution in [0.2, 0.25) is 0 Å². The molecule has 4 heteroatoms. The number of benzene rings is 2. The highest BCUT2D eigenvalue weighted by Crippen LogP contribution is 2.39. The lowest BCUT2D eigenvalue weighted by Gasteiger charge is -2.29. The van der Waals surface area contributed by atoms with Crippen molar-refractivity contribution in [3.63, 3.8) is 0 Å². The van der Waals surface area contributed by atoms with Gasteiger partial charge in [-0.3, -0.25) is 0 Å². The second kappa shape index (κ2) is 6.28. The van der Waals surface area contributed by atoms with Gasteiger partial charge in [0.2, 0.25) is 0 Å². The molecule has 0 amide bonds. The summed E-state index contributed by atoms with van der Waals surface area (Å²) < 4.78 is 6.74. The Balaban J connectivity index is 2.13. The van der Waals surface area contributed by atoms with Gasteiger partial charge in [-0.1, -0.05) is 40.2 Å². The monoisotopic (exact) mass is 372 g/mol. The molecule has 2 aromatic rings. The van der Waals surface area contributed by atoms with Gasteiger partial charge in [-0.05, 0) is 54.8 Å². The van der Waals surface area contributed by atoms with Gasteiger partial charge >= 0.3 is 0 Å². The molecule has 1 aliphatic heterocycles. The molecule has 0 fully saturated rings. The predicted molar refractivity (Wildman–Crippen MR) is 97.5 cm³/mol. The maximum absolute atomic E-state index is 6.05. The molecule has 0 bridgehead atoms. The van der Waals surface area contributed by atoms with E-state index in [1.807, 2.05) is 13.0 Å². The van der Waals surface area contributed by atoms with Gasteiger partial charge in [-0.2, -0.15) is 0 Å². The van der Waals surface area contributed by atoms with Crippen LogP contribution in [-0.2, 0) is 5.41 Å². The van der Waals surface area contributed by atoms with Crippen LogP contribution in [0, 0.1) is 6.92 Å². The number of nitrogens with two attached hydrogens (primary N) is 1. The predicted octanol–water partition coefficient (Wildman–Crippen LogP) is 3.85. The SMILES string of the molecule is CCOc1ccc(C2(c3cccc(Br)c3)C=C(N)NC2)cc1C. The van der Waals surface area contributed by atoms with Crippen molar-refractivity contribution >= 4 is 15.9 Å². The summed E-state index contributed by atoms with van der Waals surface area (Å²) >= 11 is 3.58. The van der Waals surface area contributed by atoms with Gasteiger partial charge < -0.3 is 15.8 Å². The number of halogens is 1. The van der Waals surface area contributed by atoms with Gasteiger partial charge in [0.1, 0.15) is 5.75 Å². The Bertz CT molecular complexity index is 757. The van der Waals surface area contributed by atoms with E-state index in [2.05, 4.69) is 70.6 Å². The molecule has 1 heterocycles. The highest BCUT2D eigenvalue weighted by atomic mass is 79.9. The summed E-state index contributed by atoms with van der Waals surface area (Å²) in [6, 6.07) is 14.8. The van der Waals surface area contributed by atoms with E-state index in [0.717, 1.165) is 28.2 Å². The maximum Gasteiger partial charge on any atom is 0.122 e. The van der Waals surface area contributed by atoms with Crippen molar-refractivity contribution in [1.82, 2.24) is 5.32 Å². The fourth-order valence-electron chi connectivity index (χ4n) is 3.16. The molecule has 1 unspecified atom stereocenters. The van der Waals surface area contributed by atoms with Crippen molar-refractivity contribution in [3.05, 3.63) is 75.5 Å². The number of aryl methyl sites for hydroxylation is 1. The molecule has 3 N–H and O–H groups in total. The first-order valence-corrected chi connectivity index (χ1v) is 8.56. The molecule has 1 aliphatic rings. The summed E-state index contributed by atoms with van der Waals surface area (Å²) in [6.07, 6.45) is 2.11. The lowest BCUT2D eigenvalue weighted by molar-refractivity contribution is 0.337. The second-order valence-electron chi connectivity index (χ2n) is 5.85. The average molecular weight is 373 g/mol. The van der Waals surface area contributed by atoms with E-state index >= 15 is 0 Å². The number of rotatable bonds is 4. The van der Waals surface area contributed by atoms with Crippen LogP contribution in [0.4, 0.5) is 0 Å². The van der Waals surface area contributed by atoms with Crippen LogP contribution in [0.3, 0.4) is 0 Å². The van der Waals surface area contributed by atoms with Gasteiger partial charge in [0.05, 0.1) is 17.8 Å². The fraction of sp³-hybridized carbons (Fsp3) is 0.263. The van der Waals surface area contributed by atoms with Crippen molar-refractivity contribution in [2.24, 2.45) is 5.73 Å². The largest absolute Gasteiger partial charge is 0.494 e. The van der Waals surface area contributed by atoms with Crippen LogP contribution < -0.4 is 15.8 Å². The third-order valence-corrected chi connectivity index (χ3v) is 4.80. The van der Waals surface area contributed by atoms with E-state index in [-0.39, 0.29) is 5.41 Å². The summed E-state index contributed by atoms with van der Waals surface area (Å²) in [4.78, 5) is 0. The maximum atomic E-state index is 6.05. The molecule has 2 aromatic carbocycles. The Kier molecular flexibility index (Phi) is 4.35. The van der Waals surface area contributed by atoms with Crippen LogP contribution in [0.1, 0.15) is 23.6 Å². The van der Waals surface area contributed by atoms with Crippen LogP contribution in [0.15, 0.2) is 58.8 Å². The first kappa shape index (κ1) is 15.9. The molecule has 0 aliphatic carbocycles. The first-order valence-electron chi connectivity index (χ1n) is 7.77. The second-order valence-corrected chi connectivity index (χ2v) is 6.76. The molecule has 23 heavy (non-hydrogen) atoms. The zero-order valence-corrected chi connectivity index (χ0v) is 15.0. The molecule has 0 aromatic heterocycles. The zero-order chi connectivity index (χ0) is 16.4. The van der Waals surface area contributed by atoms with E-state index in [1.54, 1.807) is 0 Å². The molecule has 1 atom stereocenters. The third kappa shape index (κ3) is 2.95. The number of hydrogen-bond donors (Lipinski definition) is 2. The van der Waals surface area contributed by atoms with Crippen LogP contribution in [0.25, 0.3) is 0 Å². The standard InChI is InChI=1S/C19H21BrN2O/c1-3-23-17-8-7-15(9-13(17)2)19(11-18(21)22-12-19)14-5-4-6-16(20)10-14/h4-11,22H,3,12,21H2,1-2H3. The average Bonchev–Trinajstić information content (AvgIpc) is 2.93. The smallest absolute Gasteiger partial charge is 0.122 e. The van der Waals surface area contributed by atoms with Gasteiger partial charge in [0.15, 0.2) is 0 Å². The summed E-state index contributed by atoms with van der Waals surface area (Å²) in [5.74, 6) is 1.65. The summed E-state index contributed by atoms with van der Waals surface area (Å²) in [5, 5.41) is 3.28. The molecular formula is C19H21BrN2O. The number of nitrogens with one attached hydrogen (secondary N) is 1. The van der Waals surface area contributed by atoms with Gasteiger partial charge in [-0.15, -0.1) is 0 Å². The third-order valence-electron chi connectivity index (χ3n) is 4.30. The van der Waals surface area contributed by atoms with Crippen molar-refractivity contribution < 1.29 is 4.74 Å². The van der Waals surface area contributed by atoms with E-state index in [1.165, 1.54) is 11.1 Å². The quantitative estimate of drug-likeness (QED) is 0.856. The minimum absolute atomic E-state index is 0.261. The van der Waals surface area contributed by atoms with Crippen molar-refractivity contribution in [2.75, 3.05) is 13.2 Å². The van der Waals surface area contributed by atoms with Gasteiger partial charge in [0.25, 0.3) is 0 Å². The van der Waals surface area contributed by atoms with Gasteiger partial charge in [-0.25, -0.2) is 0 Å². The molecule has 120 valence electrons. The summed E-state index contributed by atoms with van der Waals surface area (Å²) in [7, 11) is 0. The molecule has 0 saturated heterocycles. The lowest BCUT2D eigenvalue weighted by Crippen LogP contribution is -2.31. The van der Waals surface area contributed by atoms with Crippen LogP contribution >= 0.6 is 15.9 Å². The van der Waals surface area contributed by atoms with E-state index in [4.69, 9.17) is 10.5 Å². The van der Waals surface area contributed by atoms with Crippen molar-refractivity contribution in [2.45, 2.75) is 19.3 Å². The van der Waals surface area contributed by atoms with E-state index in [0.29, 0.717) is 6.61 Å². The Hall–Kier alpha value is -1.94. The Labute approximate surface area is 145 Å². The van der Waals surface area contributed by atoms with Crippen LogP contribution in [-0.4, -0.2) is 13.2 Å². The first-order chi connectivity index (χ1) is 11.0. The lowest BCUT2D eigenvalue weighted by atomic mass is 9.75. The van der Waals surface area contributed by atoms with E-state index in [9.17, 15) is 0 Å². The molecule has 0 spiro atoms. The molecular weight excluding hydrogens is 352 g/mol. The fourth-order valence-corrected chi connectivity index (χ4v) is 3.56. The number of ether oxygens (including phenoxy) is 1.